The summed E-state index contributed by atoms with van der Waals surface area (Å²) in [6.07, 6.45) is -9.48. The summed E-state index contributed by atoms with van der Waals surface area (Å²) in [5.41, 5.74) is 6.77. The van der Waals surface area contributed by atoms with E-state index in [0.29, 0.717) is 13.2 Å². The van der Waals surface area contributed by atoms with Crippen LogP contribution in [0.2, 0.25) is 0 Å². The van der Waals surface area contributed by atoms with Crippen LogP contribution in [0.25, 0.3) is 0 Å². The Hall–Kier alpha value is -5.90. The van der Waals surface area contributed by atoms with Crippen LogP contribution >= 0.6 is 0 Å². The summed E-state index contributed by atoms with van der Waals surface area (Å²) in [6.45, 7) is 2.01. The van der Waals surface area contributed by atoms with Gasteiger partial charge in [0, 0.05) is 0 Å². The second-order valence-corrected chi connectivity index (χ2v) is 18.0. The van der Waals surface area contributed by atoms with Gasteiger partial charge < -0.3 is 52.5 Å². The van der Waals surface area contributed by atoms with Crippen molar-refractivity contribution < 1.29 is 52.5 Å². The third kappa shape index (κ3) is 14.8. The predicted molar refractivity (Wildman–Crippen MR) is 272 cm³/mol. The highest BCUT2D eigenvalue weighted by Gasteiger charge is 2.54. The Bertz CT molecular complexity index is 2550. The molecule has 11 nitrogen and oxygen atoms in total. The standard InChI is InChI=1S/C61H64O11/c62-60-58(56(67-40-49-30-16-5-17-31-49)54(65-38-47-26-12-3-13-27-47)52(70-60)43-63-36-45-22-8-1-9-23-45)72-61-59(69-42-51-34-20-7-21-35-51)57(68-41-50-32-18-6-19-33-50)55(66-39-48-28-14-4-15-29-48)53(71-61)44-64-37-46-24-10-2-11-25-46/h1-35,52-62H,36-44H2. The van der Waals surface area contributed by atoms with Crippen molar-refractivity contribution in [2.24, 2.45) is 0 Å². The molecule has 0 bridgehead atoms. The molecule has 0 radical (unpaired) electrons. The summed E-state index contributed by atoms with van der Waals surface area (Å²) < 4.78 is 68.3. The van der Waals surface area contributed by atoms with Crippen molar-refractivity contribution in [3.8, 4) is 0 Å². The van der Waals surface area contributed by atoms with Crippen LogP contribution in [0.15, 0.2) is 212 Å². The zero-order chi connectivity index (χ0) is 49.0. The molecule has 2 saturated heterocycles. The lowest BCUT2D eigenvalue weighted by Gasteiger charge is -2.49. The van der Waals surface area contributed by atoms with Crippen LogP contribution in [0.4, 0.5) is 0 Å². The minimum Gasteiger partial charge on any atom is -0.374 e. The molecule has 2 heterocycles. The average Bonchev–Trinajstić information content (AvgIpc) is 3.43. The van der Waals surface area contributed by atoms with E-state index in [2.05, 4.69) is 0 Å². The molecule has 0 aromatic heterocycles. The van der Waals surface area contributed by atoms with Crippen molar-refractivity contribution in [1.29, 1.82) is 0 Å². The number of benzene rings is 7. The molecule has 7 aromatic carbocycles. The third-order valence-corrected chi connectivity index (χ3v) is 12.7. The fraction of sp³-hybridized carbons (Fsp3) is 0.311. The summed E-state index contributed by atoms with van der Waals surface area (Å²) in [5, 5.41) is 12.3. The molecule has 11 heteroatoms. The van der Waals surface area contributed by atoms with Crippen molar-refractivity contribution in [3.63, 3.8) is 0 Å². The number of rotatable bonds is 25. The highest BCUT2D eigenvalue weighted by Crippen LogP contribution is 2.36. The van der Waals surface area contributed by atoms with Crippen molar-refractivity contribution in [2.45, 2.75) is 108 Å². The molecule has 7 aromatic rings. The van der Waals surface area contributed by atoms with Gasteiger partial charge in [0.1, 0.15) is 48.8 Å². The topological polar surface area (TPSA) is 113 Å². The maximum Gasteiger partial charge on any atom is 0.187 e. The van der Waals surface area contributed by atoms with Crippen molar-refractivity contribution in [3.05, 3.63) is 251 Å². The van der Waals surface area contributed by atoms with Gasteiger partial charge in [-0.1, -0.05) is 212 Å². The second-order valence-electron chi connectivity index (χ2n) is 18.0. The molecule has 10 atom stereocenters. The number of aliphatic hydroxyl groups is 1. The summed E-state index contributed by atoms with van der Waals surface area (Å²) in [5.74, 6) is 0. The van der Waals surface area contributed by atoms with Crippen LogP contribution < -0.4 is 0 Å². The van der Waals surface area contributed by atoms with Crippen molar-refractivity contribution in [2.75, 3.05) is 13.2 Å². The molecule has 2 aliphatic heterocycles. The van der Waals surface area contributed by atoms with Gasteiger partial charge in [0.2, 0.25) is 0 Å². The van der Waals surface area contributed by atoms with Gasteiger partial charge in [0.25, 0.3) is 0 Å². The first-order chi connectivity index (χ1) is 35.6. The molecule has 0 spiro atoms. The SMILES string of the molecule is OC1OC(COCc2ccccc2)C(OCc2ccccc2)C(OCc2ccccc2)C1OC1OC(COCc2ccccc2)C(OCc2ccccc2)C(OCc2ccccc2)C1OCc1ccccc1. The van der Waals surface area contributed by atoms with E-state index in [1.807, 2.05) is 212 Å². The quantitative estimate of drug-likeness (QED) is 0.0591. The summed E-state index contributed by atoms with van der Waals surface area (Å²) in [6, 6.07) is 69.6. The Morgan fingerprint density at radius 2 is 0.556 bits per heavy atom. The normalized spacial score (nSPS) is 24.2. The molecular weight excluding hydrogens is 909 g/mol. The highest BCUT2D eigenvalue weighted by atomic mass is 16.8. The lowest BCUT2D eigenvalue weighted by atomic mass is 9.96. The van der Waals surface area contributed by atoms with Crippen LogP contribution in [0, 0.1) is 0 Å². The van der Waals surface area contributed by atoms with E-state index < -0.39 is 61.4 Å². The third-order valence-electron chi connectivity index (χ3n) is 12.7. The fourth-order valence-corrected chi connectivity index (χ4v) is 8.98. The van der Waals surface area contributed by atoms with Crippen LogP contribution in [0.3, 0.4) is 0 Å². The molecule has 0 aliphatic carbocycles. The lowest BCUT2D eigenvalue weighted by Crippen LogP contribution is -2.66. The van der Waals surface area contributed by atoms with Crippen LogP contribution in [0.5, 0.6) is 0 Å². The predicted octanol–water partition coefficient (Wildman–Crippen LogP) is 10.2. The molecule has 374 valence electrons. The average molecular weight is 973 g/mol. The van der Waals surface area contributed by atoms with E-state index in [1.165, 1.54) is 0 Å². The zero-order valence-corrected chi connectivity index (χ0v) is 40.4. The lowest BCUT2D eigenvalue weighted by molar-refractivity contribution is -0.379. The van der Waals surface area contributed by atoms with E-state index in [9.17, 15) is 5.11 Å². The maximum absolute atomic E-state index is 12.3. The number of hydrogen-bond donors (Lipinski definition) is 1. The van der Waals surface area contributed by atoms with Gasteiger partial charge in [-0.25, -0.2) is 0 Å². The van der Waals surface area contributed by atoms with Gasteiger partial charge in [-0.05, 0) is 38.9 Å². The molecule has 2 fully saturated rings. The molecule has 0 saturated carbocycles. The van der Waals surface area contributed by atoms with E-state index in [1.54, 1.807) is 0 Å². The fourth-order valence-electron chi connectivity index (χ4n) is 8.98. The van der Waals surface area contributed by atoms with E-state index in [4.69, 9.17) is 47.4 Å². The van der Waals surface area contributed by atoms with Crippen LogP contribution in [-0.2, 0) is 93.6 Å². The molecule has 9 rings (SSSR count). The van der Waals surface area contributed by atoms with Gasteiger partial charge in [-0.3, -0.25) is 0 Å². The largest absolute Gasteiger partial charge is 0.374 e. The first-order valence-corrected chi connectivity index (χ1v) is 24.8. The molecular formula is C61H64O11. The Morgan fingerprint density at radius 3 is 0.889 bits per heavy atom. The van der Waals surface area contributed by atoms with Gasteiger partial charge in [-0.2, -0.15) is 0 Å². The molecule has 10 unspecified atom stereocenters. The Morgan fingerprint density at radius 1 is 0.292 bits per heavy atom. The number of hydrogen-bond acceptors (Lipinski definition) is 11. The molecule has 2 aliphatic rings. The van der Waals surface area contributed by atoms with Crippen molar-refractivity contribution in [1.82, 2.24) is 0 Å². The van der Waals surface area contributed by atoms with Gasteiger partial charge in [0.15, 0.2) is 12.6 Å². The Balaban J connectivity index is 1.07. The number of aliphatic hydroxyl groups excluding tert-OH is 1. The van der Waals surface area contributed by atoms with E-state index in [0.717, 1.165) is 38.9 Å². The van der Waals surface area contributed by atoms with Gasteiger partial charge in [0.05, 0.1) is 59.5 Å². The zero-order valence-electron chi connectivity index (χ0n) is 40.4. The monoisotopic (exact) mass is 972 g/mol. The molecule has 72 heavy (non-hydrogen) atoms. The molecule has 1 N–H and O–H groups in total. The van der Waals surface area contributed by atoms with E-state index in [-0.39, 0.29) is 46.2 Å². The Kier molecular flexibility index (Phi) is 19.3. The van der Waals surface area contributed by atoms with Crippen LogP contribution in [0.1, 0.15) is 38.9 Å². The van der Waals surface area contributed by atoms with Crippen LogP contribution in [-0.4, -0.2) is 79.7 Å². The van der Waals surface area contributed by atoms with E-state index >= 15 is 0 Å². The second kappa shape index (κ2) is 27.2. The van der Waals surface area contributed by atoms with Gasteiger partial charge in [-0.15, -0.1) is 0 Å². The Labute approximate surface area is 423 Å². The summed E-state index contributed by atoms with van der Waals surface area (Å²) >= 11 is 0. The first kappa shape index (κ1) is 51.0. The molecule has 0 amide bonds. The smallest absolute Gasteiger partial charge is 0.187 e. The van der Waals surface area contributed by atoms with Gasteiger partial charge >= 0.3 is 0 Å². The maximum atomic E-state index is 12.3. The minimum absolute atomic E-state index is 0.0999. The summed E-state index contributed by atoms with van der Waals surface area (Å²) in [4.78, 5) is 0. The van der Waals surface area contributed by atoms with Crippen molar-refractivity contribution >= 4 is 0 Å². The number of ether oxygens (including phenoxy) is 10. The summed E-state index contributed by atoms with van der Waals surface area (Å²) in [7, 11) is 0. The minimum atomic E-state index is -1.52. The first-order valence-electron chi connectivity index (χ1n) is 24.8. The highest BCUT2D eigenvalue weighted by molar-refractivity contribution is 5.19.